The van der Waals surface area contributed by atoms with Crippen molar-refractivity contribution in [1.82, 2.24) is 4.98 Å². The third-order valence-corrected chi connectivity index (χ3v) is 3.93. The number of pyridine rings is 1. The molecule has 1 N–H and O–H groups in total. The van der Waals surface area contributed by atoms with E-state index >= 15 is 0 Å². The summed E-state index contributed by atoms with van der Waals surface area (Å²) in [5.74, 6) is 1.48. The van der Waals surface area contributed by atoms with Gasteiger partial charge in [-0.2, -0.15) is 5.26 Å². The van der Waals surface area contributed by atoms with E-state index in [0.717, 1.165) is 23.0 Å². The molecule has 1 heterocycles. The fraction of sp³-hybridized carbons (Fsp3) is 0.600. The minimum Gasteiger partial charge on any atom is -0.366 e. The van der Waals surface area contributed by atoms with Crippen LogP contribution in [0.1, 0.15) is 49.4 Å². The molecule has 1 aromatic heterocycles. The molecule has 0 radical (unpaired) electrons. The van der Waals surface area contributed by atoms with Crippen molar-refractivity contribution in [3.05, 3.63) is 22.9 Å². The fourth-order valence-corrected chi connectivity index (χ4v) is 2.87. The first-order valence-corrected chi connectivity index (χ1v) is 6.76. The van der Waals surface area contributed by atoms with Gasteiger partial charge in [-0.05, 0) is 51.2 Å². The molecule has 2 rings (SSSR count). The highest BCUT2D eigenvalue weighted by Crippen LogP contribution is 2.29. The van der Waals surface area contributed by atoms with E-state index < -0.39 is 0 Å². The van der Waals surface area contributed by atoms with Crippen LogP contribution in [0.2, 0.25) is 0 Å². The van der Waals surface area contributed by atoms with Crippen LogP contribution < -0.4 is 5.32 Å². The largest absolute Gasteiger partial charge is 0.366 e. The quantitative estimate of drug-likeness (QED) is 0.883. The number of rotatable bonds is 3. The van der Waals surface area contributed by atoms with E-state index in [-0.39, 0.29) is 0 Å². The topological polar surface area (TPSA) is 48.7 Å². The van der Waals surface area contributed by atoms with E-state index in [2.05, 4.69) is 23.3 Å². The van der Waals surface area contributed by atoms with Crippen LogP contribution >= 0.6 is 0 Å². The van der Waals surface area contributed by atoms with Gasteiger partial charge in [0.2, 0.25) is 0 Å². The number of aromatic nitrogens is 1. The Morgan fingerprint density at radius 3 is 2.67 bits per heavy atom. The Morgan fingerprint density at radius 1 is 1.39 bits per heavy atom. The van der Waals surface area contributed by atoms with Crippen molar-refractivity contribution in [2.75, 3.05) is 5.32 Å². The number of nitrogens with zero attached hydrogens (tertiary/aromatic N) is 2. The molecule has 0 amide bonds. The zero-order valence-corrected chi connectivity index (χ0v) is 11.5. The van der Waals surface area contributed by atoms with E-state index in [1.807, 2.05) is 19.9 Å². The molecule has 1 aliphatic rings. The van der Waals surface area contributed by atoms with Crippen LogP contribution in [-0.4, -0.2) is 11.0 Å². The predicted octanol–water partition coefficient (Wildman–Crippen LogP) is 3.56. The predicted molar refractivity (Wildman–Crippen MR) is 73.5 cm³/mol. The SMILES string of the molecule is Cc1cc(C)c(C#N)c(NC(C)C2CCCC2)n1. The maximum absolute atomic E-state index is 9.24. The Bertz CT molecular complexity index is 467. The highest BCUT2D eigenvalue weighted by atomic mass is 15.0. The highest BCUT2D eigenvalue weighted by molar-refractivity contribution is 5.56. The van der Waals surface area contributed by atoms with Gasteiger partial charge < -0.3 is 5.32 Å². The number of hydrogen-bond acceptors (Lipinski definition) is 3. The van der Waals surface area contributed by atoms with Crippen LogP contribution in [0, 0.1) is 31.1 Å². The summed E-state index contributed by atoms with van der Waals surface area (Å²) in [5, 5.41) is 12.7. The third-order valence-electron chi connectivity index (χ3n) is 3.93. The zero-order valence-electron chi connectivity index (χ0n) is 11.5. The Morgan fingerprint density at radius 2 is 2.06 bits per heavy atom. The summed E-state index contributed by atoms with van der Waals surface area (Å²) >= 11 is 0. The number of nitriles is 1. The minimum absolute atomic E-state index is 0.397. The molecule has 96 valence electrons. The summed E-state index contributed by atoms with van der Waals surface area (Å²) in [7, 11) is 0. The number of hydrogen-bond donors (Lipinski definition) is 1. The molecule has 0 saturated heterocycles. The van der Waals surface area contributed by atoms with Crippen LogP contribution in [0.3, 0.4) is 0 Å². The summed E-state index contributed by atoms with van der Waals surface area (Å²) in [6.07, 6.45) is 5.26. The van der Waals surface area contributed by atoms with Crippen molar-refractivity contribution >= 4 is 5.82 Å². The first-order chi connectivity index (χ1) is 8.61. The molecule has 1 aromatic rings. The van der Waals surface area contributed by atoms with E-state index in [1.54, 1.807) is 0 Å². The summed E-state index contributed by atoms with van der Waals surface area (Å²) in [6.45, 7) is 6.15. The molecule has 18 heavy (non-hydrogen) atoms. The summed E-state index contributed by atoms with van der Waals surface area (Å²) < 4.78 is 0. The average molecular weight is 243 g/mol. The molecule has 0 spiro atoms. The second-order valence-electron chi connectivity index (χ2n) is 5.39. The second-order valence-corrected chi connectivity index (χ2v) is 5.39. The van der Waals surface area contributed by atoms with Gasteiger partial charge in [-0.1, -0.05) is 12.8 Å². The lowest BCUT2D eigenvalue weighted by molar-refractivity contribution is 0.481. The number of aryl methyl sites for hydroxylation is 2. The minimum atomic E-state index is 0.397. The summed E-state index contributed by atoms with van der Waals surface area (Å²) in [5.41, 5.74) is 2.66. The molecule has 3 heteroatoms. The lowest BCUT2D eigenvalue weighted by atomic mass is 9.99. The zero-order chi connectivity index (χ0) is 13.1. The molecule has 0 bridgehead atoms. The van der Waals surface area contributed by atoms with Crippen LogP contribution in [0.25, 0.3) is 0 Å². The lowest BCUT2D eigenvalue weighted by Crippen LogP contribution is -2.25. The van der Waals surface area contributed by atoms with Crippen molar-refractivity contribution in [3.8, 4) is 6.07 Å². The van der Waals surface area contributed by atoms with Gasteiger partial charge in [-0.15, -0.1) is 0 Å². The van der Waals surface area contributed by atoms with Gasteiger partial charge in [0.15, 0.2) is 0 Å². The lowest BCUT2D eigenvalue weighted by Gasteiger charge is -2.22. The normalized spacial score (nSPS) is 17.4. The fourth-order valence-electron chi connectivity index (χ4n) is 2.87. The van der Waals surface area contributed by atoms with Crippen molar-refractivity contribution in [2.45, 2.75) is 52.5 Å². The molecule has 1 aliphatic carbocycles. The average Bonchev–Trinajstić information content (AvgIpc) is 2.81. The van der Waals surface area contributed by atoms with Gasteiger partial charge in [0.25, 0.3) is 0 Å². The smallest absolute Gasteiger partial charge is 0.144 e. The van der Waals surface area contributed by atoms with E-state index in [1.165, 1.54) is 25.7 Å². The molecule has 1 saturated carbocycles. The van der Waals surface area contributed by atoms with Crippen molar-refractivity contribution in [2.24, 2.45) is 5.92 Å². The number of anilines is 1. The Kier molecular flexibility index (Phi) is 3.86. The van der Waals surface area contributed by atoms with Gasteiger partial charge in [0.05, 0.1) is 5.56 Å². The molecule has 3 nitrogen and oxygen atoms in total. The van der Waals surface area contributed by atoms with Gasteiger partial charge in [-0.3, -0.25) is 0 Å². The maximum Gasteiger partial charge on any atom is 0.144 e. The van der Waals surface area contributed by atoms with E-state index in [4.69, 9.17) is 0 Å². The molecular weight excluding hydrogens is 222 g/mol. The standard InChI is InChI=1S/C15H21N3/c1-10-8-11(2)17-15(14(10)9-16)18-12(3)13-6-4-5-7-13/h8,12-13H,4-7H2,1-3H3,(H,17,18). The molecule has 0 aliphatic heterocycles. The van der Waals surface area contributed by atoms with Crippen molar-refractivity contribution in [1.29, 1.82) is 5.26 Å². The monoisotopic (exact) mass is 243 g/mol. The molecular formula is C15H21N3. The molecule has 1 atom stereocenters. The van der Waals surface area contributed by atoms with Gasteiger partial charge in [0.1, 0.15) is 11.9 Å². The van der Waals surface area contributed by atoms with Crippen LogP contribution in [-0.2, 0) is 0 Å². The Balaban J connectivity index is 2.20. The van der Waals surface area contributed by atoms with E-state index in [0.29, 0.717) is 11.6 Å². The van der Waals surface area contributed by atoms with Crippen molar-refractivity contribution < 1.29 is 0 Å². The Hall–Kier alpha value is -1.56. The van der Waals surface area contributed by atoms with Crippen LogP contribution in [0.15, 0.2) is 6.07 Å². The summed E-state index contributed by atoms with van der Waals surface area (Å²) in [6, 6.07) is 4.62. The first-order valence-electron chi connectivity index (χ1n) is 6.76. The highest BCUT2D eigenvalue weighted by Gasteiger charge is 2.22. The van der Waals surface area contributed by atoms with E-state index in [9.17, 15) is 5.26 Å². The number of nitrogens with one attached hydrogen (secondary N) is 1. The second kappa shape index (κ2) is 5.39. The third kappa shape index (κ3) is 2.64. The van der Waals surface area contributed by atoms with Gasteiger partial charge in [-0.25, -0.2) is 4.98 Å². The summed E-state index contributed by atoms with van der Waals surface area (Å²) in [4.78, 5) is 4.48. The molecule has 0 aromatic carbocycles. The van der Waals surface area contributed by atoms with Crippen LogP contribution in [0.5, 0.6) is 0 Å². The first kappa shape index (κ1) is 12.9. The maximum atomic E-state index is 9.24. The van der Waals surface area contributed by atoms with Crippen molar-refractivity contribution in [3.63, 3.8) is 0 Å². The molecule has 1 fully saturated rings. The van der Waals surface area contributed by atoms with Gasteiger partial charge in [0, 0.05) is 11.7 Å². The van der Waals surface area contributed by atoms with Crippen LogP contribution in [0.4, 0.5) is 5.82 Å². The van der Waals surface area contributed by atoms with Gasteiger partial charge >= 0.3 is 0 Å². The Labute approximate surface area is 109 Å². The molecule has 1 unspecified atom stereocenters.